The number of rotatable bonds is 17. The Morgan fingerprint density at radius 2 is 1.56 bits per heavy atom. The molecular formula is C39H61NO3. The molecule has 1 aliphatic heterocycles. The first-order valence-electron chi connectivity index (χ1n) is 17.4. The van der Waals surface area contributed by atoms with Crippen molar-refractivity contribution in [3.63, 3.8) is 0 Å². The predicted octanol–water partition coefficient (Wildman–Crippen LogP) is 11.1. The molecule has 4 nitrogen and oxygen atoms in total. The van der Waals surface area contributed by atoms with E-state index in [0.29, 0.717) is 11.4 Å². The molecule has 3 unspecified atom stereocenters. The summed E-state index contributed by atoms with van der Waals surface area (Å²) in [5.41, 5.74) is 5.60. The second-order valence-corrected chi connectivity index (χ2v) is 14.5. The number of fused-ring (bicyclic) bond motifs is 1. The quantitative estimate of drug-likeness (QED) is 0.136. The fourth-order valence-electron chi connectivity index (χ4n) is 6.63. The molecule has 43 heavy (non-hydrogen) atoms. The van der Waals surface area contributed by atoms with Crippen LogP contribution in [0, 0.1) is 38.5 Å². The molecule has 0 spiro atoms. The Morgan fingerprint density at radius 3 is 2.16 bits per heavy atom. The van der Waals surface area contributed by atoms with Gasteiger partial charge >= 0.3 is 5.97 Å². The van der Waals surface area contributed by atoms with Crippen molar-refractivity contribution in [1.82, 2.24) is 4.98 Å². The van der Waals surface area contributed by atoms with Crippen LogP contribution in [0.1, 0.15) is 157 Å². The van der Waals surface area contributed by atoms with Crippen LogP contribution < -0.4 is 9.47 Å². The summed E-state index contributed by atoms with van der Waals surface area (Å²) in [5, 5.41) is 0. The van der Waals surface area contributed by atoms with Crippen molar-refractivity contribution in [3.8, 4) is 11.5 Å². The minimum atomic E-state index is -0.399. The topological polar surface area (TPSA) is 48.4 Å². The van der Waals surface area contributed by atoms with Crippen LogP contribution in [0.25, 0.3) is 0 Å². The maximum Gasteiger partial charge on any atom is 0.362 e. The lowest BCUT2D eigenvalue weighted by atomic mass is 9.83. The number of aromatic nitrogens is 1. The lowest BCUT2D eigenvalue weighted by molar-refractivity contribution is 0.0508. The number of pyridine rings is 1. The number of benzene rings is 1. The Balaban J connectivity index is 1.53. The third kappa shape index (κ3) is 10.4. The van der Waals surface area contributed by atoms with Crippen LogP contribution in [0.4, 0.5) is 0 Å². The molecule has 1 aromatic heterocycles. The maximum atomic E-state index is 13.0. The number of unbranched alkanes of at least 4 members (excludes halogenated alkanes) is 1. The third-order valence-corrected chi connectivity index (χ3v) is 9.89. The van der Waals surface area contributed by atoms with Crippen LogP contribution in [-0.2, 0) is 12.8 Å². The van der Waals surface area contributed by atoms with Crippen LogP contribution in [0.2, 0.25) is 0 Å². The SMILES string of the molecule is CCCCc1ccc(C(=O)Oc2c(C)c(C)c3c(c2C)CCC(C)(CCCC(C)CCCC(C)CCCC(C)C)O3)nc1. The summed E-state index contributed by atoms with van der Waals surface area (Å²) in [5.74, 6) is 3.72. The molecule has 0 saturated carbocycles. The van der Waals surface area contributed by atoms with E-state index in [1.807, 2.05) is 13.0 Å². The van der Waals surface area contributed by atoms with Gasteiger partial charge in [0.05, 0.1) is 0 Å². The number of hydrogen-bond donors (Lipinski definition) is 0. The predicted molar refractivity (Wildman–Crippen MR) is 181 cm³/mol. The maximum absolute atomic E-state index is 13.0. The Labute approximate surface area is 263 Å². The summed E-state index contributed by atoms with van der Waals surface area (Å²) in [4.78, 5) is 17.4. The molecule has 0 aliphatic carbocycles. The van der Waals surface area contributed by atoms with Gasteiger partial charge in [-0.25, -0.2) is 9.78 Å². The molecule has 2 heterocycles. The molecule has 2 aromatic rings. The number of hydrogen-bond acceptors (Lipinski definition) is 4. The Bertz CT molecular complexity index is 1170. The van der Waals surface area contributed by atoms with Crippen molar-refractivity contribution >= 4 is 5.97 Å². The van der Waals surface area contributed by atoms with Crippen LogP contribution in [0.15, 0.2) is 18.3 Å². The van der Waals surface area contributed by atoms with E-state index in [1.165, 1.54) is 56.9 Å². The van der Waals surface area contributed by atoms with Gasteiger partial charge in [-0.1, -0.05) is 92.1 Å². The molecule has 3 rings (SSSR count). The van der Waals surface area contributed by atoms with Crippen LogP contribution in [0.5, 0.6) is 11.5 Å². The second-order valence-electron chi connectivity index (χ2n) is 14.5. The molecule has 0 radical (unpaired) electrons. The van der Waals surface area contributed by atoms with E-state index >= 15 is 0 Å². The van der Waals surface area contributed by atoms with Gasteiger partial charge in [-0.2, -0.15) is 0 Å². The van der Waals surface area contributed by atoms with Gasteiger partial charge in [0.25, 0.3) is 0 Å². The smallest absolute Gasteiger partial charge is 0.362 e. The summed E-state index contributed by atoms with van der Waals surface area (Å²) < 4.78 is 12.8. The first-order valence-corrected chi connectivity index (χ1v) is 17.4. The van der Waals surface area contributed by atoms with Crippen molar-refractivity contribution in [2.75, 3.05) is 0 Å². The largest absolute Gasteiger partial charge is 0.487 e. The van der Waals surface area contributed by atoms with Crippen molar-refractivity contribution in [2.24, 2.45) is 17.8 Å². The fourth-order valence-corrected chi connectivity index (χ4v) is 6.63. The summed E-state index contributed by atoms with van der Waals surface area (Å²) in [6.45, 7) is 20.2. The lowest BCUT2D eigenvalue weighted by Gasteiger charge is -2.38. The summed E-state index contributed by atoms with van der Waals surface area (Å²) >= 11 is 0. The van der Waals surface area contributed by atoms with Gasteiger partial charge in [0.1, 0.15) is 22.8 Å². The fraction of sp³-hybridized carbons (Fsp3) is 0.692. The standard InChI is InChI=1S/C39H61NO3/c1-10-11-20-33-21-22-35(40-26-33)38(41)42-36-30(6)31(7)37-34(32(36)8)23-25-39(9,43-37)24-14-19-29(5)18-13-17-28(4)16-12-15-27(2)3/h21-22,26-29H,10-20,23-25H2,1-9H3. The number of nitrogens with zero attached hydrogens (tertiary/aromatic N) is 1. The van der Waals surface area contributed by atoms with Crippen LogP contribution in [-0.4, -0.2) is 16.6 Å². The highest BCUT2D eigenvalue weighted by molar-refractivity contribution is 5.89. The molecule has 0 saturated heterocycles. The molecule has 1 aliphatic rings. The Morgan fingerprint density at radius 1 is 0.907 bits per heavy atom. The molecular weight excluding hydrogens is 530 g/mol. The summed E-state index contributed by atoms with van der Waals surface area (Å²) in [6.07, 6.45) is 18.7. The first kappa shape index (κ1) is 35.1. The number of ether oxygens (including phenoxy) is 2. The average molecular weight is 592 g/mol. The number of aryl methyl sites for hydroxylation is 1. The van der Waals surface area contributed by atoms with Crippen molar-refractivity contribution in [1.29, 1.82) is 0 Å². The molecule has 0 amide bonds. The molecule has 0 fully saturated rings. The zero-order chi connectivity index (χ0) is 31.6. The third-order valence-electron chi connectivity index (χ3n) is 9.89. The molecule has 1 aromatic carbocycles. The van der Waals surface area contributed by atoms with Crippen molar-refractivity contribution in [2.45, 2.75) is 158 Å². The molecule has 0 N–H and O–H groups in total. The van der Waals surface area contributed by atoms with E-state index in [9.17, 15) is 4.79 Å². The highest BCUT2D eigenvalue weighted by Crippen LogP contribution is 2.45. The van der Waals surface area contributed by atoms with Gasteiger partial charge in [0, 0.05) is 11.8 Å². The van der Waals surface area contributed by atoms with Crippen LogP contribution >= 0.6 is 0 Å². The van der Waals surface area contributed by atoms with Gasteiger partial charge in [-0.3, -0.25) is 0 Å². The molecule has 3 atom stereocenters. The number of carbonyl (C=O) groups excluding carboxylic acids is 1. The van der Waals surface area contributed by atoms with E-state index in [0.717, 1.165) is 84.3 Å². The summed E-state index contributed by atoms with van der Waals surface area (Å²) in [6, 6.07) is 3.77. The lowest BCUT2D eigenvalue weighted by Crippen LogP contribution is -2.37. The van der Waals surface area contributed by atoms with Gasteiger partial charge in [0.15, 0.2) is 0 Å². The number of esters is 1. The van der Waals surface area contributed by atoms with Gasteiger partial charge in [-0.15, -0.1) is 0 Å². The van der Waals surface area contributed by atoms with E-state index in [2.05, 4.69) is 60.4 Å². The molecule has 240 valence electrons. The van der Waals surface area contributed by atoms with Crippen LogP contribution in [0.3, 0.4) is 0 Å². The molecule has 4 heteroatoms. The van der Waals surface area contributed by atoms with E-state index in [1.54, 1.807) is 12.3 Å². The monoisotopic (exact) mass is 591 g/mol. The van der Waals surface area contributed by atoms with Crippen molar-refractivity contribution in [3.05, 3.63) is 51.8 Å². The van der Waals surface area contributed by atoms with Gasteiger partial charge in [-0.05, 0) is 112 Å². The van der Waals surface area contributed by atoms with E-state index < -0.39 is 5.97 Å². The average Bonchev–Trinajstić information content (AvgIpc) is 2.97. The Hall–Kier alpha value is -2.36. The normalized spacial score (nSPS) is 17.8. The van der Waals surface area contributed by atoms with Gasteiger partial charge < -0.3 is 9.47 Å². The Kier molecular flexibility index (Phi) is 13.6. The minimum Gasteiger partial charge on any atom is -0.487 e. The second kappa shape index (κ2) is 16.6. The van der Waals surface area contributed by atoms with E-state index in [-0.39, 0.29) is 5.60 Å². The highest BCUT2D eigenvalue weighted by Gasteiger charge is 2.35. The number of carbonyl (C=O) groups is 1. The molecule has 0 bridgehead atoms. The van der Waals surface area contributed by atoms with E-state index in [4.69, 9.17) is 9.47 Å². The highest BCUT2D eigenvalue weighted by atomic mass is 16.5. The van der Waals surface area contributed by atoms with Crippen molar-refractivity contribution < 1.29 is 14.3 Å². The van der Waals surface area contributed by atoms with Gasteiger partial charge in [0.2, 0.25) is 0 Å². The zero-order valence-corrected chi connectivity index (χ0v) is 29.0. The summed E-state index contributed by atoms with van der Waals surface area (Å²) in [7, 11) is 0. The first-order chi connectivity index (χ1) is 20.4. The zero-order valence-electron chi connectivity index (χ0n) is 29.0. The minimum absolute atomic E-state index is 0.150.